The Bertz CT molecular complexity index is 1350. The molecule has 1 unspecified atom stereocenters. The van der Waals surface area contributed by atoms with E-state index in [-0.39, 0.29) is 31.3 Å². The van der Waals surface area contributed by atoms with Gasteiger partial charge in [-0.2, -0.15) is 4.98 Å². The maximum absolute atomic E-state index is 12.8. The number of rotatable bonds is 5. The monoisotopic (exact) mass is 474 g/mol. The van der Waals surface area contributed by atoms with Crippen molar-refractivity contribution in [1.82, 2.24) is 25.7 Å². The molecule has 0 spiro atoms. The van der Waals surface area contributed by atoms with Crippen LogP contribution in [0.15, 0.2) is 47.0 Å². The van der Waals surface area contributed by atoms with E-state index in [9.17, 15) is 19.2 Å². The van der Waals surface area contributed by atoms with Crippen LogP contribution in [0.2, 0.25) is 0 Å². The fourth-order valence-electron chi connectivity index (χ4n) is 4.24. The van der Waals surface area contributed by atoms with E-state index in [0.717, 1.165) is 11.1 Å². The van der Waals surface area contributed by atoms with Crippen molar-refractivity contribution in [3.63, 3.8) is 0 Å². The molecule has 1 aromatic heterocycles. The van der Waals surface area contributed by atoms with E-state index < -0.39 is 18.0 Å². The van der Waals surface area contributed by atoms with E-state index in [1.54, 1.807) is 43.3 Å². The van der Waals surface area contributed by atoms with Gasteiger partial charge in [-0.05, 0) is 48.7 Å². The number of anilines is 1. The molecule has 3 N–H and O–H groups in total. The lowest BCUT2D eigenvalue weighted by Crippen LogP contribution is -2.52. The van der Waals surface area contributed by atoms with Gasteiger partial charge in [-0.25, -0.2) is 4.79 Å². The van der Waals surface area contributed by atoms with Crippen LogP contribution in [0.3, 0.4) is 0 Å². The minimum atomic E-state index is -0.660. The number of amides is 5. The molecule has 11 nitrogen and oxygen atoms in total. The second-order valence-corrected chi connectivity index (χ2v) is 8.43. The number of fused-ring (bicyclic) bond motifs is 1. The van der Waals surface area contributed by atoms with Crippen molar-refractivity contribution < 1.29 is 23.7 Å². The lowest BCUT2D eigenvalue weighted by molar-refractivity contribution is -0.136. The Kier molecular flexibility index (Phi) is 5.73. The van der Waals surface area contributed by atoms with Gasteiger partial charge in [-0.1, -0.05) is 23.4 Å². The van der Waals surface area contributed by atoms with Gasteiger partial charge in [0.2, 0.25) is 11.8 Å². The van der Waals surface area contributed by atoms with Crippen molar-refractivity contribution in [2.24, 2.45) is 0 Å². The number of nitrogens with one attached hydrogen (secondary N) is 3. The van der Waals surface area contributed by atoms with Crippen LogP contribution in [0.25, 0.3) is 11.5 Å². The third-order valence-electron chi connectivity index (χ3n) is 5.94. The number of aryl methyl sites for hydroxylation is 1. The number of benzene rings is 2. The van der Waals surface area contributed by atoms with Crippen LogP contribution >= 0.6 is 0 Å². The number of hydrogen-bond donors (Lipinski definition) is 3. The number of urea groups is 1. The Morgan fingerprint density at radius 2 is 2.06 bits per heavy atom. The third-order valence-corrected chi connectivity index (χ3v) is 5.94. The van der Waals surface area contributed by atoms with E-state index in [1.807, 2.05) is 6.07 Å². The van der Waals surface area contributed by atoms with Gasteiger partial charge in [0, 0.05) is 36.3 Å². The highest BCUT2D eigenvalue weighted by Crippen LogP contribution is 2.28. The summed E-state index contributed by atoms with van der Waals surface area (Å²) >= 11 is 0. The van der Waals surface area contributed by atoms with Gasteiger partial charge in [0.1, 0.15) is 6.04 Å². The minimum Gasteiger partial charge on any atom is -0.334 e. The summed E-state index contributed by atoms with van der Waals surface area (Å²) in [6.45, 7) is 2.25. The van der Waals surface area contributed by atoms with E-state index >= 15 is 0 Å². The van der Waals surface area contributed by atoms with Crippen molar-refractivity contribution in [2.45, 2.75) is 38.9 Å². The van der Waals surface area contributed by atoms with Gasteiger partial charge in [-0.15, -0.1) is 0 Å². The molecular formula is C24H22N6O5. The van der Waals surface area contributed by atoms with Crippen LogP contribution in [0.5, 0.6) is 0 Å². The molecule has 0 radical (unpaired) electrons. The van der Waals surface area contributed by atoms with Crippen molar-refractivity contribution in [2.75, 3.05) is 5.32 Å². The van der Waals surface area contributed by atoms with Crippen molar-refractivity contribution in [3.8, 4) is 11.5 Å². The zero-order valence-electron chi connectivity index (χ0n) is 18.8. The second-order valence-electron chi connectivity index (χ2n) is 8.43. The summed E-state index contributed by atoms with van der Waals surface area (Å²) < 4.78 is 5.16. The quantitative estimate of drug-likeness (QED) is 0.480. The van der Waals surface area contributed by atoms with Crippen LogP contribution in [0.4, 0.5) is 10.5 Å². The van der Waals surface area contributed by atoms with Gasteiger partial charge in [0.05, 0.1) is 0 Å². The smallest absolute Gasteiger partial charge is 0.319 e. The second kappa shape index (κ2) is 9.01. The number of hydrogen-bond acceptors (Lipinski definition) is 7. The molecule has 3 heterocycles. The highest BCUT2D eigenvalue weighted by atomic mass is 16.5. The summed E-state index contributed by atoms with van der Waals surface area (Å²) in [5, 5.41) is 11.6. The van der Waals surface area contributed by atoms with E-state index in [1.165, 1.54) is 4.90 Å². The number of aromatic nitrogens is 2. The molecular weight excluding hydrogens is 452 g/mol. The Labute approximate surface area is 199 Å². The van der Waals surface area contributed by atoms with Crippen LogP contribution in [-0.4, -0.2) is 44.8 Å². The first-order valence-electron chi connectivity index (χ1n) is 11.1. The molecule has 0 saturated carbocycles. The van der Waals surface area contributed by atoms with Gasteiger partial charge in [0.25, 0.3) is 11.8 Å². The molecule has 1 atom stereocenters. The molecule has 35 heavy (non-hydrogen) atoms. The van der Waals surface area contributed by atoms with Crippen LogP contribution in [0, 0.1) is 6.92 Å². The van der Waals surface area contributed by atoms with Crippen LogP contribution in [0.1, 0.15) is 40.2 Å². The van der Waals surface area contributed by atoms with E-state index in [4.69, 9.17) is 4.52 Å². The average molecular weight is 474 g/mol. The Morgan fingerprint density at radius 3 is 2.83 bits per heavy atom. The topological polar surface area (TPSA) is 147 Å². The predicted molar refractivity (Wildman–Crippen MR) is 123 cm³/mol. The molecule has 1 fully saturated rings. The molecule has 1 saturated heterocycles. The third kappa shape index (κ3) is 4.60. The standard InChI is InChI=1S/C24H22N6O5/c1-13-26-22(35-29-13)15-3-2-4-17(10-15)27-24(34)25-11-14-5-6-18-16(9-14)12-30(23(18)33)19-7-8-20(31)28-21(19)32/h2-6,9-10,19H,7-8,11-12H2,1H3,(H2,25,27,34)(H,28,31,32). The molecule has 5 rings (SSSR count). The zero-order chi connectivity index (χ0) is 24.5. The molecule has 178 valence electrons. The summed E-state index contributed by atoms with van der Waals surface area (Å²) in [6, 6.07) is 11.3. The zero-order valence-corrected chi connectivity index (χ0v) is 18.8. The lowest BCUT2D eigenvalue weighted by Gasteiger charge is -2.29. The van der Waals surface area contributed by atoms with E-state index in [0.29, 0.717) is 35.0 Å². The minimum absolute atomic E-state index is 0.207. The van der Waals surface area contributed by atoms with Gasteiger partial charge in [0.15, 0.2) is 5.82 Å². The largest absolute Gasteiger partial charge is 0.334 e. The molecule has 2 aliphatic heterocycles. The summed E-state index contributed by atoms with van der Waals surface area (Å²) in [5.74, 6) is -0.112. The SMILES string of the molecule is Cc1noc(-c2cccc(NC(=O)NCc3ccc4c(c3)CN(C3CCC(=O)NC3=O)C4=O)c2)n1. The fraction of sp³-hybridized carbons (Fsp3) is 0.250. The first-order chi connectivity index (χ1) is 16.9. The molecule has 2 aromatic carbocycles. The van der Waals surface area contributed by atoms with Crippen LogP contribution < -0.4 is 16.0 Å². The molecule has 5 amide bonds. The molecule has 2 aliphatic rings. The first kappa shape index (κ1) is 22.3. The molecule has 11 heteroatoms. The lowest BCUT2D eigenvalue weighted by atomic mass is 10.0. The normalized spacial score (nSPS) is 17.2. The average Bonchev–Trinajstić information content (AvgIpc) is 3.41. The fourth-order valence-corrected chi connectivity index (χ4v) is 4.24. The summed E-state index contributed by atoms with van der Waals surface area (Å²) in [5.41, 5.74) is 3.37. The van der Waals surface area contributed by atoms with Crippen molar-refractivity contribution in [3.05, 3.63) is 65.0 Å². The maximum Gasteiger partial charge on any atom is 0.319 e. The van der Waals surface area contributed by atoms with Crippen molar-refractivity contribution >= 4 is 29.4 Å². The number of piperidine rings is 1. The number of imide groups is 1. The number of carbonyl (C=O) groups excluding carboxylic acids is 4. The maximum atomic E-state index is 12.8. The summed E-state index contributed by atoms with van der Waals surface area (Å²) in [4.78, 5) is 54.5. The van der Waals surface area contributed by atoms with Gasteiger partial charge >= 0.3 is 6.03 Å². The first-order valence-corrected chi connectivity index (χ1v) is 11.1. The number of carbonyl (C=O) groups is 4. The summed E-state index contributed by atoms with van der Waals surface area (Å²) in [6.07, 6.45) is 0.518. The highest BCUT2D eigenvalue weighted by Gasteiger charge is 2.39. The molecule has 0 aliphatic carbocycles. The number of nitrogens with zero attached hydrogens (tertiary/aromatic N) is 3. The Balaban J connectivity index is 1.20. The Hall–Kier alpha value is -4.54. The highest BCUT2D eigenvalue weighted by molar-refractivity contribution is 6.05. The predicted octanol–water partition coefficient (Wildman–Crippen LogP) is 2.13. The molecule has 0 bridgehead atoms. The van der Waals surface area contributed by atoms with Crippen molar-refractivity contribution in [1.29, 1.82) is 0 Å². The summed E-state index contributed by atoms with van der Waals surface area (Å²) in [7, 11) is 0. The van der Waals surface area contributed by atoms with Gasteiger partial charge < -0.3 is 20.1 Å². The van der Waals surface area contributed by atoms with Gasteiger partial charge in [-0.3, -0.25) is 19.7 Å². The molecule has 3 aromatic rings. The Morgan fingerprint density at radius 1 is 1.20 bits per heavy atom. The van der Waals surface area contributed by atoms with Crippen LogP contribution in [-0.2, 0) is 22.7 Å². The van der Waals surface area contributed by atoms with E-state index in [2.05, 4.69) is 26.1 Å².